The fourth-order valence-electron chi connectivity index (χ4n) is 2.71. The van der Waals surface area contributed by atoms with E-state index in [0.29, 0.717) is 12.5 Å². The Labute approximate surface area is 121 Å². The Bertz CT molecular complexity index is 431. The first-order chi connectivity index (χ1) is 9.71. The van der Waals surface area contributed by atoms with E-state index in [2.05, 4.69) is 30.0 Å². The molecule has 1 heterocycles. The summed E-state index contributed by atoms with van der Waals surface area (Å²) in [5.74, 6) is 1.41. The minimum Gasteiger partial charge on any atom is -0.497 e. The molecule has 0 unspecified atom stereocenters. The van der Waals surface area contributed by atoms with Gasteiger partial charge < -0.3 is 9.84 Å². The molecule has 0 saturated carbocycles. The number of hydrogen-bond donors (Lipinski definition) is 1. The number of benzene rings is 1. The van der Waals surface area contributed by atoms with Gasteiger partial charge in [0.1, 0.15) is 5.75 Å². The number of rotatable bonds is 5. The van der Waals surface area contributed by atoms with Gasteiger partial charge in [-0.25, -0.2) is 0 Å². The lowest BCUT2D eigenvalue weighted by molar-refractivity contribution is 0.138. The van der Waals surface area contributed by atoms with Crippen LogP contribution in [0.5, 0.6) is 5.75 Å². The molecule has 2 rings (SSSR count). The second-order valence-corrected chi connectivity index (χ2v) is 5.67. The Kier molecular flexibility index (Phi) is 5.62. The Morgan fingerprint density at radius 1 is 1.30 bits per heavy atom. The Balaban J connectivity index is 1.87. The molecule has 1 N–H and O–H groups in total. The van der Waals surface area contributed by atoms with E-state index >= 15 is 0 Å². The SMILES string of the molecule is COc1ccc(/C=C(/C)CN2CCC(CO)CC2)cc1. The number of aliphatic hydroxyl groups excluding tert-OH is 1. The number of methoxy groups -OCH3 is 1. The van der Waals surface area contributed by atoms with Gasteiger partial charge >= 0.3 is 0 Å². The summed E-state index contributed by atoms with van der Waals surface area (Å²) in [7, 11) is 1.69. The Morgan fingerprint density at radius 3 is 2.50 bits per heavy atom. The first kappa shape index (κ1) is 15.1. The third kappa shape index (κ3) is 4.36. The van der Waals surface area contributed by atoms with Gasteiger partial charge in [-0.1, -0.05) is 23.8 Å². The largest absolute Gasteiger partial charge is 0.497 e. The summed E-state index contributed by atoms with van der Waals surface area (Å²) in [6, 6.07) is 8.15. The van der Waals surface area contributed by atoms with Gasteiger partial charge in [0.05, 0.1) is 7.11 Å². The van der Waals surface area contributed by atoms with Gasteiger partial charge in [0.15, 0.2) is 0 Å². The van der Waals surface area contributed by atoms with Crippen molar-refractivity contribution in [3.8, 4) is 5.75 Å². The normalized spacial score (nSPS) is 18.2. The molecule has 0 amide bonds. The van der Waals surface area contributed by atoms with Crippen molar-refractivity contribution in [3.05, 3.63) is 35.4 Å². The zero-order valence-corrected chi connectivity index (χ0v) is 12.5. The molecule has 110 valence electrons. The van der Waals surface area contributed by atoms with Gasteiger partial charge in [-0.2, -0.15) is 0 Å². The first-order valence-electron chi connectivity index (χ1n) is 7.35. The predicted molar refractivity (Wildman–Crippen MR) is 82.9 cm³/mol. The van der Waals surface area contributed by atoms with Crippen molar-refractivity contribution < 1.29 is 9.84 Å². The fourth-order valence-corrected chi connectivity index (χ4v) is 2.71. The molecule has 20 heavy (non-hydrogen) atoms. The molecule has 1 aliphatic heterocycles. The van der Waals surface area contributed by atoms with Crippen LogP contribution in [-0.4, -0.2) is 43.4 Å². The second-order valence-electron chi connectivity index (χ2n) is 5.67. The van der Waals surface area contributed by atoms with Crippen LogP contribution in [0, 0.1) is 5.92 Å². The predicted octanol–water partition coefficient (Wildman–Crippen LogP) is 2.80. The maximum Gasteiger partial charge on any atom is 0.118 e. The molecular weight excluding hydrogens is 250 g/mol. The molecule has 1 saturated heterocycles. The van der Waals surface area contributed by atoms with E-state index in [1.165, 1.54) is 11.1 Å². The summed E-state index contributed by atoms with van der Waals surface area (Å²) in [5, 5.41) is 9.16. The maximum atomic E-state index is 9.16. The van der Waals surface area contributed by atoms with Crippen LogP contribution < -0.4 is 4.74 Å². The highest BCUT2D eigenvalue weighted by atomic mass is 16.5. The summed E-state index contributed by atoms with van der Waals surface area (Å²) in [6.45, 7) is 5.74. The molecule has 1 aromatic rings. The quantitative estimate of drug-likeness (QED) is 0.897. The van der Waals surface area contributed by atoms with E-state index in [-0.39, 0.29) is 0 Å². The lowest BCUT2D eigenvalue weighted by Gasteiger charge is -2.31. The molecule has 1 aromatic carbocycles. The number of likely N-dealkylation sites (tertiary alicyclic amines) is 1. The fraction of sp³-hybridized carbons (Fsp3) is 0.529. The number of aliphatic hydroxyl groups is 1. The smallest absolute Gasteiger partial charge is 0.118 e. The van der Waals surface area contributed by atoms with Crippen LogP contribution in [0.25, 0.3) is 6.08 Å². The molecule has 0 aliphatic carbocycles. The molecule has 0 atom stereocenters. The second kappa shape index (κ2) is 7.46. The number of piperidine rings is 1. The number of hydrogen-bond acceptors (Lipinski definition) is 3. The zero-order chi connectivity index (χ0) is 14.4. The standard InChI is InChI=1S/C17H25NO2/c1-14(11-15-3-5-17(20-2)6-4-15)12-18-9-7-16(13-19)8-10-18/h3-6,11,16,19H,7-10,12-13H2,1-2H3/b14-11-. The van der Waals surface area contributed by atoms with Crippen molar-refractivity contribution in [2.24, 2.45) is 5.92 Å². The van der Waals surface area contributed by atoms with E-state index < -0.39 is 0 Å². The van der Waals surface area contributed by atoms with Crippen molar-refractivity contribution >= 4 is 6.08 Å². The molecule has 0 aromatic heterocycles. The average molecular weight is 275 g/mol. The van der Waals surface area contributed by atoms with E-state index in [0.717, 1.165) is 38.2 Å². The van der Waals surface area contributed by atoms with E-state index in [1.807, 2.05) is 12.1 Å². The minimum absolute atomic E-state index is 0.342. The highest BCUT2D eigenvalue weighted by molar-refractivity contribution is 5.53. The third-order valence-corrected chi connectivity index (χ3v) is 3.97. The Hall–Kier alpha value is -1.32. The van der Waals surface area contributed by atoms with E-state index in [4.69, 9.17) is 9.84 Å². The molecular formula is C17H25NO2. The topological polar surface area (TPSA) is 32.7 Å². The van der Waals surface area contributed by atoms with Crippen LogP contribution in [0.3, 0.4) is 0 Å². The lowest BCUT2D eigenvalue weighted by Crippen LogP contribution is -2.35. The highest BCUT2D eigenvalue weighted by Crippen LogP contribution is 2.18. The molecule has 0 radical (unpaired) electrons. The van der Waals surface area contributed by atoms with Crippen molar-refractivity contribution in [3.63, 3.8) is 0 Å². The van der Waals surface area contributed by atoms with Crippen LogP contribution in [0.1, 0.15) is 25.3 Å². The lowest BCUT2D eigenvalue weighted by atomic mass is 9.97. The summed E-state index contributed by atoms with van der Waals surface area (Å²) in [4.78, 5) is 2.47. The summed E-state index contributed by atoms with van der Waals surface area (Å²) >= 11 is 0. The number of nitrogens with zero attached hydrogens (tertiary/aromatic N) is 1. The molecule has 3 nitrogen and oxygen atoms in total. The van der Waals surface area contributed by atoms with Gasteiger partial charge in [-0.05, 0) is 56.5 Å². The van der Waals surface area contributed by atoms with Crippen molar-refractivity contribution in [2.75, 3.05) is 33.4 Å². The first-order valence-corrected chi connectivity index (χ1v) is 7.35. The van der Waals surface area contributed by atoms with Gasteiger partial charge in [-0.3, -0.25) is 4.90 Å². The average Bonchev–Trinajstić information content (AvgIpc) is 2.49. The van der Waals surface area contributed by atoms with E-state index in [1.54, 1.807) is 7.11 Å². The van der Waals surface area contributed by atoms with Gasteiger partial charge in [0.25, 0.3) is 0 Å². The monoisotopic (exact) mass is 275 g/mol. The van der Waals surface area contributed by atoms with Crippen LogP contribution in [0.2, 0.25) is 0 Å². The van der Waals surface area contributed by atoms with Crippen molar-refractivity contribution in [1.29, 1.82) is 0 Å². The van der Waals surface area contributed by atoms with Crippen LogP contribution in [0.4, 0.5) is 0 Å². The summed E-state index contributed by atoms with van der Waals surface area (Å²) < 4.78 is 5.17. The van der Waals surface area contributed by atoms with Crippen molar-refractivity contribution in [2.45, 2.75) is 19.8 Å². The number of ether oxygens (including phenoxy) is 1. The molecule has 1 fully saturated rings. The highest BCUT2D eigenvalue weighted by Gasteiger charge is 2.18. The van der Waals surface area contributed by atoms with Gasteiger partial charge in [0.2, 0.25) is 0 Å². The molecule has 3 heteroatoms. The Morgan fingerprint density at radius 2 is 1.95 bits per heavy atom. The molecule has 0 bridgehead atoms. The summed E-state index contributed by atoms with van der Waals surface area (Å²) in [6.07, 6.45) is 4.47. The maximum absolute atomic E-state index is 9.16. The van der Waals surface area contributed by atoms with Crippen LogP contribution >= 0.6 is 0 Å². The molecule has 1 aliphatic rings. The zero-order valence-electron chi connectivity index (χ0n) is 12.5. The third-order valence-electron chi connectivity index (χ3n) is 3.97. The van der Waals surface area contributed by atoms with Gasteiger partial charge in [0, 0.05) is 13.2 Å². The van der Waals surface area contributed by atoms with Crippen LogP contribution in [0.15, 0.2) is 29.8 Å². The molecule has 0 spiro atoms. The van der Waals surface area contributed by atoms with Crippen LogP contribution in [-0.2, 0) is 0 Å². The van der Waals surface area contributed by atoms with E-state index in [9.17, 15) is 0 Å². The van der Waals surface area contributed by atoms with Crippen molar-refractivity contribution in [1.82, 2.24) is 4.90 Å². The van der Waals surface area contributed by atoms with Gasteiger partial charge in [-0.15, -0.1) is 0 Å². The minimum atomic E-state index is 0.342. The summed E-state index contributed by atoms with van der Waals surface area (Å²) in [5.41, 5.74) is 2.59.